The van der Waals surface area contributed by atoms with Gasteiger partial charge in [-0.15, -0.1) is 6.42 Å². The second-order valence-corrected chi connectivity index (χ2v) is 6.07. The SMILES string of the molecule is C#CC(Nc1cc(Cl)nc(C(C)(C)C)n1)C(C)C. The quantitative estimate of drug-likeness (QED) is 0.671. The molecule has 0 aliphatic rings. The molecular formula is C14H20ClN3. The van der Waals surface area contributed by atoms with Crippen molar-refractivity contribution in [2.24, 2.45) is 5.92 Å². The summed E-state index contributed by atoms with van der Waals surface area (Å²) in [5.41, 5.74) is -0.148. The Balaban J connectivity index is 3.04. The Morgan fingerprint density at radius 2 is 1.94 bits per heavy atom. The molecule has 18 heavy (non-hydrogen) atoms. The monoisotopic (exact) mass is 265 g/mol. The standard InChI is InChI=1S/C14H20ClN3/c1-7-10(9(2)3)16-12-8-11(15)17-13(18-12)14(4,5)6/h1,8-10H,2-6H3,(H,16,17,18). The summed E-state index contributed by atoms with van der Waals surface area (Å²) >= 11 is 6.02. The second kappa shape index (κ2) is 5.58. The third kappa shape index (κ3) is 3.89. The molecule has 0 radical (unpaired) electrons. The van der Waals surface area contributed by atoms with Gasteiger partial charge in [0.25, 0.3) is 0 Å². The van der Waals surface area contributed by atoms with Crippen LogP contribution in [0.15, 0.2) is 6.07 Å². The van der Waals surface area contributed by atoms with Crippen LogP contribution in [0.2, 0.25) is 5.15 Å². The van der Waals surface area contributed by atoms with E-state index in [1.807, 2.05) is 20.8 Å². The number of halogens is 1. The van der Waals surface area contributed by atoms with Crippen LogP contribution in [0.4, 0.5) is 5.82 Å². The van der Waals surface area contributed by atoms with Crippen molar-refractivity contribution in [3.8, 4) is 12.3 Å². The first kappa shape index (κ1) is 14.8. The number of anilines is 1. The van der Waals surface area contributed by atoms with E-state index in [9.17, 15) is 0 Å². The number of hydrogen-bond acceptors (Lipinski definition) is 3. The lowest BCUT2D eigenvalue weighted by Crippen LogP contribution is -2.25. The maximum atomic E-state index is 6.02. The molecule has 1 N–H and O–H groups in total. The summed E-state index contributed by atoms with van der Waals surface area (Å²) in [5, 5.41) is 3.64. The van der Waals surface area contributed by atoms with Crippen molar-refractivity contribution in [1.29, 1.82) is 0 Å². The molecule has 1 atom stereocenters. The van der Waals surface area contributed by atoms with Crippen LogP contribution in [0, 0.1) is 18.3 Å². The highest BCUT2D eigenvalue weighted by Crippen LogP contribution is 2.23. The van der Waals surface area contributed by atoms with Crippen LogP contribution >= 0.6 is 11.6 Å². The maximum absolute atomic E-state index is 6.02. The van der Waals surface area contributed by atoms with Gasteiger partial charge in [0.15, 0.2) is 0 Å². The van der Waals surface area contributed by atoms with Gasteiger partial charge in [0.05, 0.1) is 6.04 Å². The lowest BCUT2D eigenvalue weighted by Gasteiger charge is -2.21. The lowest BCUT2D eigenvalue weighted by molar-refractivity contribution is 0.544. The van der Waals surface area contributed by atoms with Crippen molar-refractivity contribution in [2.45, 2.75) is 46.1 Å². The number of nitrogens with zero attached hydrogens (tertiary/aromatic N) is 2. The van der Waals surface area contributed by atoms with Crippen LogP contribution < -0.4 is 5.32 Å². The van der Waals surface area contributed by atoms with Crippen LogP contribution in [0.1, 0.15) is 40.4 Å². The highest BCUT2D eigenvalue weighted by atomic mass is 35.5. The van der Waals surface area contributed by atoms with Gasteiger partial charge in [-0.1, -0.05) is 52.1 Å². The number of terminal acetylenes is 1. The summed E-state index contributed by atoms with van der Waals surface area (Å²) < 4.78 is 0. The first-order valence-electron chi connectivity index (χ1n) is 6.01. The minimum absolute atomic E-state index is 0.0659. The van der Waals surface area contributed by atoms with E-state index in [-0.39, 0.29) is 11.5 Å². The summed E-state index contributed by atoms with van der Waals surface area (Å²) in [6.07, 6.45) is 5.49. The molecule has 0 fully saturated rings. The van der Waals surface area contributed by atoms with E-state index < -0.39 is 0 Å². The molecule has 0 saturated carbocycles. The number of aromatic nitrogens is 2. The predicted molar refractivity (Wildman–Crippen MR) is 76.8 cm³/mol. The van der Waals surface area contributed by atoms with Crippen molar-refractivity contribution in [1.82, 2.24) is 9.97 Å². The average molecular weight is 266 g/mol. The summed E-state index contributed by atoms with van der Waals surface area (Å²) in [5.74, 6) is 4.42. The molecule has 0 aliphatic heterocycles. The molecule has 1 aromatic rings. The van der Waals surface area contributed by atoms with Crippen LogP contribution in [0.25, 0.3) is 0 Å². The normalized spacial score (nSPS) is 13.2. The smallest absolute Gasteiger partial charge is 0.137 e. The molecule has 1 unspecified atom stereocenters. The van der Waals surface area contributed by atoms with E-state index in [0.717, 1.165) is 0 Å². The molecule has 3 nitrogen and oxygen atoms in total. The first-order chi connectivity index (χ1) is 8.24. The fourth-order valence-electron chi connectivity index (χ4n) is 1.39. The minimum atomic E-state index is -0.148. The Morgan fingerprint density at radius 3 is 2.39 bits per heavy atom. The Morgan fingerprint density at radius 1 is 1.33 bits per heavy atom. The molecule has 1 aromatic heterocycles. The van der Waals surface area contributed by atoms with Crippen LogP contribution in [0.5, 0.6) is 0 Å². The fraction of sp³-hybridized carbons (Fsp3) is 0.571. The van der Waals surface area contributed by atoms with E-state index in [2.05, 4.69) is 35.1 Å². The lowest BCUT2D eigenvalue weighted by atomic mass is 9.96. The van der Waals surface area contributed by atoms with E-state index in [4.69, 9.17) is 18.0 Å². The van der Waals surface area contributed by atoms with Gasteiger partial charge >= 0.3 is 0 Å². The zero-order chi connectivity index (χ0) is 13.9. The molecule has 4 heteroatoms. The second-order valence-electron chi connectivity index (χ2n) is 5.68. The Hall–Kier alpha value is -1.27. The van der Waals surface area contributed by atoms with Crippen molar-refractivity contribution in [3.63, 3.8) is 0 Å². The number of nitrogens with one attached hydrogen (secondary N) is 1. The molecule has 0 aromatic carbocycles. The van der Waals surface area contributed by atoms with Crippen LogP contribution in [-0.2, 0) is 5.41 Å². The third-order valence-electron chi connectivity index (χ3n) is 2.52. The molecule has 1 heterocycles. The fourth-order valence-corrected chi connectivity index (χ4v) is 1.57. The predicted octanol–water partition coefficient (Wildman–Crippen LogP) is 3.50. The van der Waals surface area contributed by atoms with Gasteiger partial charge in [-0.25, -0.2) is 9.97 Å². The van der Waals surface area contributed by atoms with Gasteiger partial charge in [-0.2, -0.15) is 0 Å². The summed E-state index contributed by atoms with van der Waals surface area (Å²) in [4.78, 5) is 8.72. The van der Waals surface area contributed by atoms with E-state index in [0.29, 0.717) is 22.7 Å². The highest BCUT2D eigenvalue weighted by molar-refractivity contribution is 6.29. The first-order valence-corrected chi connectivity index (χ1v) is 6.39. The van der Waals surface area contributed by atoms with Crippen molar-refractivity contribution < 1.29 is 0 Å². The Labute approximate surface area is 114 Å². The zero-order valence-corrected chi connectivity index (χ0v) is 12.3. The number of rotatable bonds is 3. The molecule has 0 bridgehead atoms. The van der Waals surface area contributed by atoms with Crippen LogP contribution in [0.3, 0.4) is 0 Å². The van der Waals surface area contributed by atoms with E-state index in [1.165, 1.54) is 0 Å². The molecule has 0 spiro atoms. The molecule has 0 amide bonds. The summed E-state index contributed by atoms with van der Waals surface area (Å²) in [7, 11) is 0. The summed E-state index contributed by atoms with van der Waals surface area (Å²) in [6.45, 7) is 10.3. The third-order valence-corrected chi connectivity index (χ3v) is 2.71. The molecule has 0 saturated heterocycles. The molecule has 1 rings (SSSR count). The topological polar surface area (TPSA) is 37.8 Å². The van der Waals surface area contributed by atoms with Gasteiger partial charge in [0.2, 0.25) is 0 Å². The molecular weight excluding hydrogens is 246 g/mol. The van der Waals surface area contributed by atoms with E-state index >= 15 is 0 Å². The maximum Gasteiger partial charge on any atom is 0.137 e. The number of hydrogen-bond donors (Lipinski definition) is 1. The molecule has 98 valence electrons. The summed E-state index contributed by atoms with van der Waals surface area (Å²) in [6, 6.07) is 1.63. The van der Waals surface area contributed by atoms with Gasteiger partial charge < -0.3 is 5.32 Å². The molecule has 0 aliphatic carbocycles. The van der Waals surface area contributed by atoms with E-state index in [1.54, 1.807) is 6.07 Å². The average Bonchev–Trinajstić information content (AvgIpc) is 2.23. The minimum Gasteiger partial charge on any atom is -0.356 e. The van der Waals surface area contributed by atoms with Gasteiger partial charge in [-0.3, -0.25) is 0 Å². The van der Waals surface area contributed by atoms with Gasteiger partial charge in [-0.05, 0) is 5.92 Å². The van der Waals surface area contributed by atoms with Gasteiger partial charge in [0, 0.05) is 11.5 Å². The zero-order valence-electron chi connectivity index (χ0n) is 11.6. The largest absolute Gasteiger partial charge is 0.356 e. The van der Waals surface area contributed by atoms with Crippen molar-refractivity contribution in [3.05, 3.63) is 17.0 Å². The highest BCUT2D eigenvalue weighted by Gasteiger charge is 2.19. The van der Waals surface area contributed by atoms with Crippen molar-refractivity contribution >= 4 is 17.4 Å². The van der Waals surface area contributed by atoms with Gasteiger partial charge in [0.1, 0.15) is 16.8 Å². The van der Waals surface area contributed by atoms with Crippen molar-refractivity contribution in [2.75, 3.05) is 5.32 Å². The Bertz CT molecular complexity index is 455. The Kier molecular flexibility index (Phi) is 4.59. The van der Waals surface area contributed by atoms with Crippen LogP contribution in [-0.4, -0.2) is 16.0 Å².